The van der Waals surface area contributed by atoms with E-state index in [1.54, 1.807) is 0 Å². The molecule has 2 nitrogen and oxygen atoms in total. The first-order valence-corrected chi connectivity index (χ1v) is 1.24. The second-order valence-electron chi connectivity index (χ2n) is 0.803. The number of alkyl halides is 3. The number of hydrogen-bond acceptors (Lipinski definition) is 1. The smallest absolute Gasteiger partial charge is 0.475 e. The van der Waals surface area contributed by atoms with Gasteiger partial charge in [0.2, 0.25) is 0 Å². The van der Waals surface area contributed by atoms with E-state index in [9.17, 15) is 13.2 Å². The third-order valence-electron chi connectivity index (χ3n) is 0.243. The van der Waals surface area contributed by atoms with Crippen LogP contribution in [0.2, 0.25) is 0 Å². The SMILES string of the molecule is O=C(O)C(F)(F)F.[Pd].[Pd]. The predicted molar refractivity (Wildman–Crippen MR) is 13.7 cm³/mol. The molecule has 0 saturated carbocycles. The second kappa shape index (κ2) is 5.38. The maximum Gasteiger partial charge on any atom is 0.490 e. The maximum absolute atomic E-state index is 10.6. The van der Waals surface area contributed by atoms with Crippen molar-refractivity contribution in [2.24, 2.45) is 0 Å². The van der Waals surface area contributed by atoms with E-state index in [0.29, 0.717) is 0 Å². The summed E-state index contributed by atoms with van der Waals surface area (Å²) in [6, 6.07) is 0. The fourth-order valence-electron chi connectivity index (χ4n) is 0. The molecule has 7 heteroatoms. The van der Waals surface area contributed by atoms with Crippen molar-refractivity contribution in [2.45, 2.75) is 6.18 Å². The Morgan fingerprint density at radius 1 is 1.22 bits per heavy atom. The standard InChI is InChI=1S/C2HF3O2.2Pd/c3-2(4,5)1(6)7;;/h(H,6,7);;. The van der Waals surface area contributed by atoms with Gasteiger partial charge in [0, 0.05) is 40.8 Å². The minimum Gasteiger partial charge on any atom is -0.475 e. The molecule has 0 saturated heterocycles. The average Bonchev–Trinajstić information content (AvgIpc) is 1.31. The molecule has 1 N–H and O–H groups in total. The first-order chi connectivity index (χ1) is 2.94. The summed E-state index contributed by atoms with van der Waals surface area (Å²) in [7, 11) is 0. The molecule has 0 radical (unpaired) electrons. The Bertz CT molecular complexity index is 90.3. The molecule has 0 amide bonds. The van der Waals surface area contributed by atoms with Crippen LogP contribution in [0.25, 0.3) is 0 Å². The molecule has 0 spiro atoms. The van der Waals surface area contributed by atoms with Crippen molar-refractivity contribution < 1.29 is 63.9 Å². The normalized spacial score (nSPS) is 8.78. The third kappa shape index (κ3) is 8.58. The van der Waals surface area contributed by atoms with Crippen molar-refractivity contribution in [3.8, 4) is 0 Å². The number of carbonyl (C=O) groups is 1. The molecule has 0 heterocycles. The van der Waals surface area contributed by atoms with E-state index in [2.05, 4.69) is 0 Å². The van der Waals surface area contributed by atoms with Crippen LogP contribution >= 0.6 is 0 Å². The molecule has 9 heavy (non-hydrogen) atoms. The summed E-state index contributed by atoms with van der Waals surface area (Å²) in [6.45, 7) is 0. The van der Waals surface area contributed by atoms with Gasteiger partial charge in [-0.1, -0.05) is 0 Å². The van der Waals surface area contributed by atoms with Crippen LogP contribution in [0.1, 0.15) is 0 Å². The molecule has 0 unspecified atom stereocenters. The summed E-state index contributed by atoms with van der Waals surface area (Å²) in [5.41, 5.74) is 0. The van der Waals surface area contributed by atoms with Gasteiger partial charge in [-0.05, 0) is 0 Å². The van der Waals surface area contributed by atoms with Crippen LogP contribution in [0.15, 0.2) is 0 Å². The van der Waals surface area contributed by atoms with E-state index in [4.69, 9.17) is 9.90 Å². The summed E-state index contributed by atoms with van der Waals surface area (Å²) in [6.07, 6.45) is -5.08. The average molecular weight is 327 g/mol. The quantitative estimate of drug-likeness (QED) is 0.663. The van der Waals surface area contributed by atoms with Crippen LogP contribution in [-0.4, -0.2) is 17.3 Å². The number of carboxylic acids is 1. The Hall–Kier alpha value is 0.585. The van der Waals surface area contributed by atoms with E-state index in [-0.39, 0.29) is 40.8 Å². The molecular weight excluding hydrogens is 326 g/mol. The van der Waals surface area contributed by atoms with E-state index in [0.717, 1.165) is 0 Å². The molecule has 0 aromatic carbocycles. The van der Waals surface area contributed by atoms with E-state index >= 15 is 0 Å². The zero-order chi connectivity index (χ0) is 6.08. The van der Waals surface area contributed by atoms with Gasteiger partial charge in [-0.3, -0.25) is 0 Å². The summed E-state index contributed by atoms with van der Waals surface area (Å²) in [5.74, 6) is -2.76. The number of halogens is 3. The summed E-state index contributed by atoms with van der Waals surface area (Å²) >= 11 is 0. The van der Waals surface area contributed by atoms with Gasteiger partial charge in [-0.25, -0.2) is 4.79 Å². The molecule has 0 rings (SSSR count). The molecule has 0 aromatic heterocycles. The van der Waals surface area contributed by atoms with Crippen molar-refractivity contribution in [1.29, 1.82) is 0 Å². The monoisotopic (exact) mass is 326 g/mol. The molecule has 62 valence electrons. The first-order valence-electron chi connectivity index (χ1n) is 1.24. The number of hydrogen-bond donors (Lipinski definition) is 1. The number of carboxylic acid groups (broad SMARTS) is 1. The van der Waals surface area contributed by atoms with E-state index in [1.807, 2.05) is 0 Å². The van der Waals surface area contributed by atoms with Gasteiger partial charge in [-0.15, -0.1) is 0 Å². The van der Waals surface area contributed by atoms with Crippen LogP contribution in [0.5, 0.6) is 0 Å². The molecule has 0 atom stereocenters. The van der Waals surface area contributed by atoms with Gasteiger partial charge in [0.15, 0.2) is 0 Å². The van der Waals surface area contributed by atoms with Crippen LogP contribution in [-0.2, 0) is 45.6 Å². The fourth-order valence-corrected chi connectivity index (χ4v) is 0. The Morgan fingerprint density at radius 3 is 1.33 bits per heavy atom. The molecule has 0 aromatic rings. The Labute approximate surface area is 76.1 Å². The number of rotatable bonds is 0. The minimum absolute atomic E-state index is 0. The number of aliphatic carboxylic acids is 1. The molecule has 0 aliphatic carbocycles. The predicted octanol–water partition coefficient (Wildman–Crippen LogP) is 0.628. The largest absolute Gasteiger partial charge is 0.490 e. The van der Waals surface area contributed by atoms with Crippen molar-refractivity contribution in [1.82, 2.24) is 0 Å². The van der Waals surface area contributed by atoms with Crippen molar-refractivity contribution in [3.63, 3.8) is 0 Å². The minimum atomic E-state index is -5.08. The molecular formula is C2HF3O2Pd2. The van der Waals surface area contributed by atoms with Gasteiger partial charge in [0.25, 0.3) is 0 Å². The van der Waals surface area contributed by atoms with Crippen molar-refractivity contribution >= 4 is 5.97 Å². The van der Waals surface area contributed by atoms with Gasteiger partial charge in [0.1, 0.15) is 0 Å². The Morgan fingerprint density at radius 2 is 1.33 bits per heavy atom. The zero-order valence-corrected chi connectivity index (χ0v) is 6.73. The van der Waals surface area contributed by atoms with Crippen LogP contribution < -0.4 is 0 Å². The summed E-state index contributed by atoms with van der Waals surface area (Å²) < 4.78 is 31.7. The first kappa shape index (κ1) is 16.3. The summed E-state index contributed by atoms with van der Waals surface area (Å²) in [5, 5.41) is 7.12. The second-order valence-corrected chi connectivity index (χ2v) is 0.803. The van der Waals surface area contributed by atoms with E-state index < -0.39 is 12.1 Å². The molecule has 0 aliphatic heterocycles. The topological polar surface area (TPSA) is 37.3 Å². The van der Waals surface area contributed by atoms with Crippen molar-refractivity contribution in [2.75, 3.05) is 0 Å². The Kier molecular flexibility index (Phi) is 9.73. The molecule has 0 fully saturated rings. The summed E-state index contributed by atoms with van der Waals surface area (Å²) in [4.78, 5) is 8.90. The van der Waals surface area contributed by atoms with Gasteiger partial charge >= 0.3 is 12.1 Å². The van der Waals surface area contributed by atoms with E-state index in [1.165, 1.54) is 0 Å². The van der Waals surface area contributed by atoms with Crippen LogP contribution in [0.3, 0.4) is 0 Å². The maximum atomic E-state index is 10.6. The zero-order valence-electron chi connectivity index (χ0n) is 3.62. The molecule has 0 bridgehead atoms. The van der Waals surface area contributed by atoms with Crippen molar-refractivity contribution in [3.05, 3.63) is 0 Å². The molecule has 0 aliphatic rings. The van der Waals surface area contributed by atoms with Gasteiger partial charge < -0.3 is 5.11 Å². The fraction of sp³-hybridized carbons (Fsp3) is 0.500. The Balaban J connectivity index is -0.000000180. The van der Waals surface area contributed by atoms with Gasteiger partial charge in [-0.2, -0.15) is 13.2 Å². The van der Waals surface area contributed by atoms with Crippen LogP contribution in [0, 0.1) is 0 Å². The third-order valence-corrected chi connectivity index (χ3v) is 0.243. The van der Waals surface area contributed by atoms with Gasteiger partial charge in [0.05, 0.1) is 0 Å². The van der Waals surface area contributed by atoms with Crippen LogP contribution in [0.4, 0.5) is 13.2 Å².